The summed E-state index contributed by atoms with van der Waals surface area (Å²) >= 11 is 0. The van der Waals surface area contributed by atoms with Crippen LogP contribution in [0.5, 0.6) is 0 Å². The Balaban J connectivity index is 2.05. The normalized spacial score (nSPS) is 10.9. The average molecular weight is 277 g/mol. The summed E-state index contributed by atoms with van der Waals surface area (Å²) in [6.45, 7) is 0. The molecule has 102 valence electrons. The zero-order valence-corrected chi connectivity index (χ0v) is 10.0. The highest BCUT2D eigenvalue weighted by Crippen LogP contribution is 2.28. The highest BCUT2D eigenvalue weighted by molar-refractivity contribution is 5.87. The molecule has 1 heterocycles. The van der Waals surface area contributed by atoms with Crippen molar-refractivity contribution in [2.45, 2.75) is 0 Å². The first-order chi connectivity index (χ1) is 9.52. The number of rotatable bonds is 2. The van der Waals surface area contributed by atoms with E-state index in [0.29, 0.717) is 16.8 Å². The number of halogens is 2. The molecule has 3 aromatic rings. The molecule has 20 heavy (non-hydrogen) atoms. The summed E-state index contributed by atoms with van der Waals surface area (Å²) in [5.41, 5.74) is 7.23. The van der Waals surface area contributed by atoms with E-state index in [4.69, 9.17) is 10.2 Å². The molecule has 0 bridgehead atoms. The van der Waals surface area contributed by atoms with Gasteiger partial charge in [-0.2, -0.15) is 0 Å². The van der Waals surface area contributed by atoms with Crippen LogP contribution in [-0.4, -0.2) is 4.98 Å². The fourth-order valence-electron chi connectivity index (χ4n) is 1.86. The van der Waals surface area contributed by atoms with Gasteiger partial charge in [-0.3, -0.25) is 4.98 Å². The first-order valence-corrected chi connectivity index (χ1v) is 5.67. The molecule has 0 saturated heterocycles. The van der Waals surface area contributed by atoms with Crippen LogP contribution in [0, 0.1) is 11.6 Å². The smallest absolute Gasteiger partial charge is 0.408 e. The Morgan fingerprint density at radius 1 is 1.15 bits per heavy atom. The summed E-state index contributed by atoms with van der Waals surface area (Å²) in [7, 11) is 0. The van der Waals surface area contributed by atoms with E-state index in [1.165, 1.54) is 18.2 Å². The van der Waals surface area contributed by atoms with Crippen LogP contribution in [0.4, 0.5) is 25.8 Å². The predicted molar refractivity (Wildman–Crippen MR) is 70.9 cm³/mol. The van der Waals surface area contributed by atoms with Gasteiger partial charge in [-0.15, -0.1) is 0 Å². The Labute approximate surface area is 111 Å². The van der Waals surface area contributed by atoms with Crippen LogP contribution in [0.3, 0.4) is 0 Å². The Bertz CT molecular complexity index is 854. The van der Waals surface area contributed by atoms with Gasteiger partial charge in [0.15, 0.2) is 5.58 Å². The maximum absolute atomic E-state index is 13.6. The van der Waals surface area contributed by atoms with Crippen LogP contribution in [0.25, 0.3) is 11.1 Å². The molecule has 0 saturated carbocycles. The van der Waals surface area contributed by atoms with Crippen molar-refractivity contribution in [2.24, 2.45) is 0 Å². The summed E-state index contributed by atoms with van der Waals surface area (Å²) in [6.07, 6.45) is 0. The van der Waals surface area contributed by atoms with Crippen molar-refractivity contribution in [3.05, 3.63) is 52.5 Å². The number of nitrogens with two attached hydrogens (primary N) is 1. The zero-order chi connectivity index (χ0) is 14.3. The predicted octanol–water partition coefficient (Wildman–Crippen LogP) is 2.73. The SMILES string of the molecule is Nc1cc2oc(=O)[nH]c2cc1Nc1ccc(F)cc1F. The summed E-state index contributed by atoms with van der Waals surface area (Å²) in [4.78, 5) is 13.5. The van der Waals surface area contributed by atoms with Crippen LogP contribution in [-0.2, 0) is 0 Å². The summed E-state index contributed by atoms with van der Waals surface area (Å²) in [6, 6.07) is 6.10. The van der Waals surface area contributed by atoms with Gasteiger partial charge >= 0.3 is 5.76 Å². The molecule has 1 aromatic heterocycles. The van der Waals surface area contributed by atoms with Crippen molar-refractivity contribution in [2.75, 3.05) is 11.1 Å². The molecule has 0 unspecified atom stereocenters. The first kappa shape index (κ1) is 12.2. The van der Waals surface area contributed by atoms with E-state index in [0.717, 1.165) is 12.1 Å². The molecule has 0 amide bonds. The third-order valence-electron chi connectivity index (χ3n) is 2.79. The summed E-state index contributed by atoms with van der Waals surface area (Å²) < 4.78 is 31.2. The van der Waals surface area contributed by atoms with Crippen molar-refractivity contribution in [3.63, 3.8) is 0 Å². The number of aromatic nitrogens is 1. The minimum absolute atomic E-state index is 0.0725. The van der Waals surface area contributed by atoms with E-state index in [1.54, 1.807) is 0 Å². The summed E-state index contributed by atoms with van der Waals surface area (Å²) in [5.74, 6) is -2.02. The van der Waals surface area contributed by atoms with Gasteiger partial charge in [0.1, 0.15) is 11.6 Å². The molecule has 5 nitrogen and oxygen atoms in total. The van der Waals surface area contributed by atoms with E-state index < -0.39 is 17.4 Å². The topological polar surface area (TPSA) is 84.0 Å². The molecular weight excluding hydrogens is 268 g/mol. The first-order valence-electron chi connectivity index (χ1n) is 5.67. The molecule has 0 atom stereocenters. The number of anilines is 3. The second-order valence-electron chi connectivity index (χ2n) is 4.20. The van der Waals surface area contributed by atoms with Gasteiger partial charge in [-0.05, 0) is 18.2 Å². The molecule has 4 N–H and O–H groups in total. The number of nitrogen functional groups attached to an aromatic ring is 1. The minimum atomic E-state index is -0.745. The minimum Gasteiger partial charge on any atom is -0.408 e. The molecule has 2 aromatic carbocycles. The quantitative estimate of drug-likeness (QED) is 0.629. The van der Waals surface area contributed by atoms with Gasteiger partial charge in [0.25, 0.3) is 0 Å². The second kappa shape index (κ2) is 4.37. The van der Waals surface area contributed by atoms with Crippen LogP contribution in [0.2, 0.25) is 0 Å². The lowest BCUT2D eigenvalue weighted by molar-refractivity contribution is 0.555. The lowest BCUT2D eigenvalue weighted by atomic mass is 10.2. The number of nitrogens with one attached hydrogen (secondary N) is 2. The van der Waals surface area contributed by atoms with Gasteiger partial charge in [0, 0.05) is 12.1 Å². The number of hydrogen-bond acceptors (Lipinski definition) is 4. The fourth-order valence-corrected chi connectivity index (χ4v) is 1.86. The number of H-pyrrole nitrogens is 1. The van der Waals surface area contributed by atoms with Crippen molar-refractivity contribution in [3.8, 4) is 0 Å². The number of aromatic amines is 1. The van der Waals surface area contributed by atoms with Crippen LogP contribution >= 0.6 is 0 Å². The fraction of sp³-hybridized carbons (Fsp3) is 0. The highest BCUT2D eigenvalue weighted by Gasteiger charge is 2.09. The van der Waals surface area contributed by atoms with Gasteiger partial charge in [0.05, 0.1) is 22.6 Å². The maximum Gasteiger partial charge on any atom is 0.417 e. The third-order valence-corrected chi connectivity index (χ3v) is 2.79. The van der Waals surface area contributed by atoms with E-state index in [2.05, 4.69) is 10.3 Å². The van der Waals surface area contributed by atoms with Crippen molar-refractivity contribution in [1.29, 1.82) is 0 Å². The average Bonchev–Trinajstić information content (AvgIpc) is 2.72. The Morgan fingerprint density at radius 2 is 1.95 bits per heavy atom. The summed E-state index contributed by atoms with van der Waals surface area (Å²) in [5, 5.41) is 2.74. The molecule has 0 aliphatic rings. The van der Waals surface area contributed by atoms with Crippen molar-refractivity contribution in [1.82, 2.24) is 4.98 Å². The largest absolute Gasteiger partial charge is 0.417 e. The number of fused-ring (bicyclic) bond motifs is 1. The zero-order valence-electron chi connectivity index (χ0n) is 10.0. The van der Waals surface area contributed by atoms with Crippen molar-refractivity contribution < 1.29 is 13.2 Å². The number of benzene rings is 2. The number of hydrogen-bond donors (Lipinski definition) is 3. The molecule has 3 rings (SSSR count). The standard InChI is InChI=1S/C13H9F2N3O2/c14-6-1-2-9(7(15)3-6)17-10-5-11-12(4-8(10)16)20-13(19)18-11/h1-5,17H,16H2,(H,18,19). The lowest BCUT2D eigenvalue weighted by Crippen LogP contribution is -1.99. The molecule has 0 spiro atoms. The van der Waals surface area contributed by atoms with Crippen LogP contribution in [0.1, 0.15) is 0 Å². The number of oxazole rings is 1. The lowest BCUT2D eigenvalue weighted by Gasteiger charge is -2.10. The van der Waals surface area contributed by atoms with Gasteiger partial charge in [-0.1, -0.05) is 0 Å². The molecule has 7 heteroatoms. The molecule has 0 aliphatic heterocycles. The Morgan fingerprint density at radius 3 is 2.70 bits per heavy atom. The van der Waals surface area contributed by atoms with Crippen LogP contribution < -0.4 is 16.8 Å². The van der Waals surface area contributed by atoms with E-state index in [1.807, 2.05) is 0 Å². The van der Waals surface area contributed by atoms with Gasteiger partial charge in [-0.25, -0.2) is 13.6 Å². The second-order valence-corrected chi connectivity index (χ2v) is 4.20. The van der Waals surface area contributed by atoms with E-state index in [-0.39, 0.29) is 11.4 Å². The van der Waals surface area contributed by atoms with Crippen LogP contribution in [0.15, 0.2) is 39.5 Å². The molecule has 0 aliphatic carbocycles. The van der Waals surface area contributed by atoms with E-state index in [9.17, 15) is 13.6 Å². The maximum atomic E-state index is 13.6. The highest BCUT2D eigenvalue weighted by atomic mass is 19.1. The van der Waals surface area contributed by atoms with Gasteiger partial charge < -0.3 is 15.5 Å². The van der Waals surface area contributed by atoms with E-state index >= 15 is 0 Å². The Kier molecular flexibility index (Phi) is 2.67. The van der Waals surface area contributed by atoms with Crippen molar-refractivity contribution >= 4 is 28.2 Å². The molecule has 0 fully saturated rings. The molecular formula is C13H9F2N3O2. The molecule has 0 radical (unpaired) electrons. The third kappa shape index (κ3) is 2.09. The van der Waals surface area contributed by atoms with Gasteiger partial charge in [0.2, 0.25) is 0 Å². The monoisotopic (exact) mass is 277 g/mol. The Hall–Kier alpha value is -2.83.